The van der Waals surface area contributed by atoms with E-state index in [0.717, 1.165) is 69.8 Å². The van der Waals surface area contributed by atoms with Crippen LogP contribution in [0.25, 0.3) is 0 Å². The fraction of sp³-hybridized carbons (Fsp3) is 0.577. The maximum Gasteiger partial charge on any atom is 0.289 e. The minimum absolute atomic E-state index is 0.0205. The first-order valence-electron chi connectivity index (χ1n) is 11.9. The number of furan rings is 1. The molecule has 4 rings (SSSR count). The number of likely N-dealkylation sites (tertiary alicyclic amines) is 1. The monoisotopic (exact) mass is 440 g/mol. The van der Waals surface area contributed by atoms with Crippen LogP contribution in [0.3, 0.4) is 0 Å². The molecule has 2 aromatic rings. The number of amides is 1. The first-order chi connectivity index (χ1) is 15.6. The highest BCUT2D eigenvalue weighted by Gasteiger charge is 2.30. The fourth-order valence-corrected chi connectivity index (χ4v) is 5.29. The second-order valence-electron chi connectivity index (χ2n) is 9.08. The van der Waals surface area contributed by atoms with Crippen molar-refractivity contribution in [1.82, 2.24) is 9.80 Å². The van der Waals surface area contributed by atoms with Crippen LogP contribution in [0.15, 0.2) is 34.9 Å². The molecular weight excluding hydrogens is 404 g/mol. The fourth-order valence-electron chi connectivity index (χ4n) is 5.29. The molecule has 0 bridgehead atoms. The molecule has 0 spiro atoms. The van der Waals surface area contributed by atoms with Gasteiger partial charge in [-0.1, -0.05) is 6.92 Å². The van der Waals surface area contributed by atoms with Crippen LogP contribution in [0.1, 0.15) is 54.3 Å². The Balaban J connectivity index is 1.37. The molecule has 1 fully saturated rings. The number of nitrogens with zero attached hydrogens (tertiary/aromatic N) is 2. The van der Waals surface area contributed by atoms with E-state index in [4.69, 9.17) is 13.9 Å². The molecule has 0 saturated carbocycles. The molecule has 174 valence electrons. The normalized spacial score (nSPS) is 19.1. The molecule has 1 saturated heterocycles. The summed E-state index contributed by atoms with van der Waals surface area (Å²) in [6, 6.07) is 8.41. The maximum atomic E-state index is 12.6. The van der Waals surface area contributed by atoms with Gasteiger partial charge in [-0.15, -0.1) is 0 Å². The van der Waals surface area contributed by atoms with Crippen molar-refractivity contribution in [3.05, 3.63) is 47.4 Å². The lowest BCUT2D eigenvalue weighted by atomic mass is 9.86. The van der Waals surface area contributed by atoms with Crippen molar-refractivity contribution >= 4 is 5.91 Å². The lowest BCUT2D eigenvalue weighted by molar-refractivity contribution is 0.0612. The molecular formula is C26H36N2O4. The molecule has 0 N–H and O–H groups in total. The lowest BCUT2D eigenvalue weighted by Crippen LogP contribution is -2.46. The molecule has 6 nitrogen and oxygen atoms in total. The highest BCUT2D eigenvalue weighted by Crippen LogP contribution is 2.35. The molecule has 1 atom stereocenters. The SMILES string of the molecule is CCCN(CC1CCN(C(=O)c2ccco2)CC1)C1CCc2cc(OC)c(OC)cc2C1. The number of ether oxygens (including phenoxy) is 2. The van der Waals surface area contributed by atoms with Crippen LogP contribution in [-0.2, 0) is 12.8 Å². The molecule has 2 aliphatic rings. The zero-order valence-corrected chi connectivity index (χ0v) is 19.6. The number of methoxy groups -OCH3 is 2. The molecule has 0 radical (unpaired) electrons. The van der Waals surface area contributed by atoms with E-state index in [-0.39, 0.29) is 5.91 Å². The zero-order valence-electron chi connectivity index (χ0n) is 19.6. The standard InChI is InChI=1S/C26H36N2O4/c1-4-11-28(18-19-9-12-27(13-10-19)26(29)23-6-5-14-32-23)22-8-7-20-16-24(30-2)25(31-3)17-21(20)15-22/h5-6,14,16-17,19,22H,4,7-13,15,18H2,1-3H3. The third kappa shape index (κ3) is 4.96. The second-order valence-corrected chi connectivity index (χ2v) is 9.08. The Morgan fingerprint density at radius 1 is 1.12 bits per heavy atom. The average Bonchev–Trinajstić information content (AvgIpc) is 3.37. The number of rotatable bonds is 8. The number of aryl methyl sites for hydroxylation is 1. The van der Waals surface area contributed by atoms with Crippen molar-refractivity contribution in [1.29, 1.82) is 0 Å². The summed E-state index contributed by atoms with van der Waals surface area (Å²) in [7, 11) is 3.41. The number of piperidine rings is 1. The number of hydrogen-bond donors (Lipinski definition) is 0. The van der Waals surface area contributed by atoms with E-state index in [0.29, 0.717) is 17.7 Å². The van der Waals surface area contributed by atoms with Gasteiger partial charge in [0.1, 0.15) is 0 Å². The lowest BCUT2D eigenvalue weighted by Gasteiger charge is -2.39. The average molecular weight is 441 g/mol. The molecule has 1 aromatic heterocycles. The molecule has 1 unspecified atom stereocenters. The Hall–Kier alpha value is -2.47. The summed E-state index contributed by atoms with van der Waals surface area (Å²) < 4.78 is 16.3. The second kappa shape index (κ2) is 10.4. The van der Waals surface area contributed by atoms with E-state index >= 15 is 0 Å². The highest BCUT2D eigenvalue weighted by atomic mass is 16.5. The zero-order chi connectivity index (χ0) is 22.5. The van der Waals surface area contributed by atoms with Gasteiger partial charge in [-0.3, -0.25) is 9.69 Å². The highest BCUT2D eigenvalue weighted by molar-refractivity contribution is 5.91. The summed E-state index contributed by atoms with van der Waals surface area (Å²) in [6.45, 7) is 6.13. The summed E-state index contributed by atoms with van der Waals surface area (Å²) in [6.07, 6.45) is 8.16. The minimum atomic E-state index is 0.0205. The van der Waals surface area contributed by atoms with Gasteiger partial charge in [-0.25, -0.2) is 0 Å². The first-order valence-corrected chi connectivity index (χ1v) is 11.9. The predicted octanol–water partition coefficient (Wildman–Crippen LogP) is 4.42. The number of carbonyl (C=O) groups excluding carboxylic acids is 1. The largest absolute Gasteiger partial charge is 0.493 e. The van der Waals surface area contributed by atoms with Gasteiger partial charge in [0.05, 0.1) is 20.5 Å². The summed E-state index contributed by atoms with van der Waals surface area (Å²) in [5.74, 6) is 2.75. The molecule has 6 heteroatoms. The summed E-state index contributed by atoms with van der Waals surface area (Å²) in [4.78, 5) is 17.2. The Labute approximate surface area is 191 Å². The van der Waals surface area contributed by atoms with Gasteiger partial charge in [0.25, 0.3) is 5.91 Å². The van der Waals surface area contributed by atoms with Crippen LogP contribution < -0.4 is 9.47 Å². The summed E-state index contributed by atoms with van der Waals surface area (Å²) in [5.41, 5.74) is 2.78. The summed E-state index contributed by atoms with van der Waals surface area (Å²) in [5, 5.41) is 0. The van der Waals surface area contributed by atoms with Crippen LogP contribution >= 0.6 is 0 Å². The van der Waals surface area contributed by atoms with E-state index in [9.17, 15) is 4.79 Å². The van der Waals surface area contributed by atoms with E-state index in [2.05, 4.69) is 24.0 Å². The Morgan fingerprint density at radius 2 is 1.84 bits per heavy atom. The van der Waals surface area contributed by atoms with Crippen molar-refractivity contribution in [2.24, 2.45) is 5.92 Å². The van der Waals surface area contributed by atoms with Crippen molar-refractivity contribution in [2.75, 3.05) is 40.4 Å². The van der Waals surface area contributed by atoms with Gasteiger partial charge >= 0.3 is 0 Å². The quantitative estimate of drug-likeness (QED) is 0.608. The van der Waals surface area contributed by atoms with Crippen LogP contribution in [0, 0.1) is 5.92 Å². The number of hydrogen-bond acceptors (Lipinski definition) is 5. The molecule has 2 heterocycles. The summed E-state index contributed by atoms with van der Waals surface area (Å²) >= 11 is 0. The number of benzene rings is 1. The smallest absolute Gasteiger partial charge is 0.289 e. The minimum Gasteiger partial charge on any atom is -0.493 e. The first kappa shape index (κ1) is 22.7. The predicted molar refractivity (Wildman–Crippen MR) is 125 cm³/mol. The van der Waals surface area contributed by atoms with Gasteiger partial charge in [0, 0.05) is 25.7 Å². The van der Waals surface area contributed by atoms with E-state index in [1.807, 2.05) is 4.90 Å². The Morgan fingerprint density at radius 3 is 2.47 bits per heavy atom. The maximum absolute atomic E-state index is 12.6. The van der Waals surface area contributed by atoms with Crippen LogP contribution in [0.4, 0.5) is 0 Å². The van der Waals surface area contributed by atoms with Gasteiger partial charge < -0.3 is 18.8 Å². The van der Waals surface area contributed by atoms with E-state index in [1.54, 1.807) is 32.6 Å². The van der Waals surface area contributed by atoms with Crippen molar-refractivity contribution in [3.63, 3.8) is 0 Å². The van der Waals surface area contributed by atoms with Gasteiger partial charge in [0.15, 0.2) is 17.3 Å². The number of carbonyl (C=O) groups is 1. The number of fused-ring (bicyclic) bond motifs is 1. The molecule has 32 heavy (non-hydrogen) atoms. The van der Waals surface area contributed by atoms with Crippen LogP contribution in [0.5, 0.6) is 11.5 Å². The van der Waals surface area contributed by atoms with Crippen molar-refractivity contribution < 1.29 is 18.7 Å². The Bertz CT molecular complexity index is 887. The van der Waals surface area contributed by atoms with Gasteiger partial charge in [-0.05, 0) is 86.4 Å². The third-order valence-corrected chi connectivity index (χ3v) is 7.06. The van der Waals surface area contributed by atoms with Gasteiger partial charge in [0.2, 0.25) is 0 Å². The molecule has 1 aromatic carbocycles. The van der Waals surface area contributed by atoms with Crippen molar-refractivity contribution in [2.45, 2.75) is 51.5 Å². The van der Waals surface area contributed by atoms with Gasteiger partial charge in [-0.2, -0.15) is 0 Å². The molecule has 1 amide bonds. The Kier molecular flexibility index (Phi) is 7.40. The molecule has 1 aliphatic carbocycles. The third-order valence-electron chi connectivity index (χ3n) is 7.06. The topological polar surface area (TPSA) is 55.2 Å². The molecule has 1 aliphatic heterocycles. The van der Waals surface area contributed by atoms with Crippen LogP contribution in [-0.4, -0.2) is 62.1 Å². The van der Waals surface area contributed by atoms with Crippen molar-refractivity contribution in [3.8, 4) is 11.5 Å². The van der Waals surface area contributed by atoms with Crippen LogP contribution in [0.2, 0.25) is 0 Å². The van der Waals surface area contributed by atoms with E-state index in [1.165, 1.54) is 17.5 Å². The van der Waals surface area contributed by atoms with E-state index < -0.39 is 0 Å².